The zero-order valence-corrected chi connectivity index (χ0v) is 16.1. The molecule has 0 heterocycles. The monoisotopic (exact) mass is 401 g/mol. The van der Waals surface area contributed by atoms with Crippen molar-refractivity contribution in [3.8, 4) is 0 Å². The highest BCUT2D eigenvalue weighted by Crippen LogP contribution is 2.25. The maximum absolute atomic E-state index is 12.4. The van der Waals surface area contributed by atoms with Crippen LogP contribution in [0, 0.1) is 5.21 Å². The standard InChI is InChI=1S/C19H21N4O6/c1-20-18(25)12-4-6-13(7-5-12)21-17(24)11-29-19(26)15-10-14(23(27)28)8-9-16(15)22(2)3/h4-10,27H,11H2,1-3H3,(H,20,25)(H,21,24)/q-1. The Morgan fingerprint density at radius 1 is 1.10 bits per heavy atom. The molecule has 2 aromatic rings. The Hall–Kier alpha value is -3.63. The van der Waals surface area contributed by atoms with Crippen LogP contribution in [-0.4, -0.2) is 50.7 Å². The smallest absolute Gasteiger partial charge is 0.340 e. The van der Waals surface area contributed by atoms with Crippen LogP contribution in [0.1, 0.15) is 20.7 Å². The Morgan fingerprint density at radius 3 is 2.31 bits per heavy atom. The first kappa shape index (κ1) is 21.7. The van der Waals surface area contributed by atoms with Gasteiger partial charge >= 0.3 is 5.97 Å². The van der Waals surface area contributed by atoms with E-state index in [4.69, 9.17) is 9.94 Å². The van der Waals surface area contributed by atoms with Crippen LogP contribution in [0.4, 0.5) is 17.1 Å². The summed E-state index contributed by atoms with van der Waals surface area (Å²) in [5.41, 5.74) is 1.18. The molecule has 0 aliphatic rings. The van der Waals surface area contributed by atoms with Crippen molar-refractivity contribution in [1.82, 2.24) is 5.32 Å². The van der Waals surface area contributed by atoms with E-state index in [9.17, 15) is 19.6 Å². The van der Waals surface area contributed by atoms with E-state index in [1.807, 2.05) is 0 Å². The molecule has 2 amide bonds. The third-order valence-electron chi connectivity index (χ3n) is 3.90. The summed E-state index contributed by atoms with van der Waals surface area (Å²) in [6, 6.07) is 10.2. The molecule has 3 N–H and O–H groups in total. The van der Waals surface area contributed by atoms with Gasteiger partial charge in [-0.2, -0.15) is 0 Å². The first-order chi connectivity index (χ1) is 13.7. The van der Waals surface area contributed by atoms with Gasteiger partial charge in [0.15, 0.2) is 6.61 Å². The summed E-state index contributed by atoms with van der Waals surface area (Å²) in [6.07, 6.45) is 0. The van der Waals surface area contributed by atoms with E-state index in [-0.39, 0.29) is 22.4 Å². The molecule has 0 atom stereocenters. The van der Waals surface area contributed by atoms with Gasteiger partial charge in [0.05, 0.1) is 16.9 Å². The van der Waals surface area contributed by atoms with Gasteiger partial charge in [0.1, 0.15) is 0 Å². The Morgan fingerprint density at radius 2 is 1.76 bits per heavy atom. The van der Waals surface area contributed by atoms with Crippen LogP contribution in [0.3, 0.4) is 0 Å². The van der Waals surface area contributed by atoms with Crippen molar-refractivity contribution in [2.24, 2.45) is 0 Å². The van der Waals surface area contributed by atoms with Gasteiger partial charge in [-0.15, -0.1) is 0 Å². The lowest BCUT2D eigenvalue weighted by molar-refractivity contribution is -0.119. The minimum atomic E-state index is -0.831. The average Bonchev–Trinajstić information content (AvgIpc) is 2.71. The van der Waals surface area contributed by atoms with Gasteiger partial charge in [0, 0.05) is 32.4 Å². The largest absolute Gasteiger partial charge is 0.733 e. The van der Waals surface area contributed by atoms with Crippen LogP contribution in [0.2, 0.25) is 0 Å². The predicted molar refractivity (Wildman–Crippen MR) is 107 cm³/mol. The molecule has 0 aliphatic heterocycles. The molecule has 0 bridgehead atoms. The van der Waals surface area contributed by atoms with E-state index in [2.05, 4.69) is 10.6 Å². The van der Waals surface area contributed by atoms with Gasteiger partial charge < -0.3 is 30.7 Å². The van der Waals surface area contributed by atoms with E-state index < -0.39 is 18.5 Å². The summed E-state index contributed by atoms with van der Waals surface area (Å²) >= 11 is 0. The van der Waals surface area contributed by atoms with Gasteiger partial charge in [0.25, 0.3) is 11.8 Å². The van der Waals surface area contributed by atoms with Gasteiger partial charge in [-0.3, -0.25) is 14.8 Å². The number of hydrogen-bond donors (Lipinski definition) is 3. The summed E-state index contributed by atoms with van der Waals surface area (Å²) in [4.78, 5) is 37.5. The lowest BCUT2D eigenvalue weighted by atomic mass is 10.1. The Kier molecular flexibility index (Phi) is 7.12. The predicted octanol–water partition coefficient (Wildman–Crippen LogP) is 1.60. The number of carbonyl (C=O) groups excluding carboxylic acids is 3. The first-order valence-electron chi connectivity index (χ1n) is 8.49. The van der Waals surface area contributed by atoms with E-state index in [0.717, 1.165) is 0 Å². The van der Waals surface area contributed by atoms with Gasteiger partial charge in [-0.1, -0.05) is 0 Å². The van der Waals surface area contributed by atoms with E-state index in [0.29, 0.717) is 16.9 Å². The van der Waals surface area contributed by atoms with Crippen molar-refractivity contribution in [2.45, 2.75) is 0 Å². The van der Waals surface area contributed by atoms with Crippen molar-refractivity contribution in [2.75, 3.05) is 43.2 Å². The summed E-state index contributed by atoms with van der Waals surface area (Å²) in [5, 5.41) is 24.8. The van der Waals surface area contributed by atoms with Crippen molar-refractivity contribution >= 4 is 34.8 Å². The number of nitrogens with zero attached hydrogens (tertiary/aromatic N) is 2. The number of esters is 1. The van der Waals surface area contributed by atoms with E-state index in [1.54, 1.807) is 43.3 Å². The topological polar surface area (TPSA) is 134 Å². The van der Waals surface area contributed by atoms with Crippen molar-refractivity contribution < 1.29 is 24.3 Å². The Labute approximate surface area is 167 Å². The van der Waals surface area contributed by atoms with Crippen molar-refractivity contribution in [3.63, 3.8) is 0 Å². The van der Waals surface area contributed by atoms with Crippen LogP contribution in [0.5, 0.6) is 0 Å². The number of ether oxygens (including phenoxy) is 1. The van der Waals surface area contributed by atoms with Crippen LogP contribution >= 0.6 is 0 Å². The minimum absolute atomic E-state index is 0.0186. The number of hydrogen-bond acceptors (Lipinski definition) is 8. The fourth-order valence-electron chi connectivity index (χ4n) is 2.45. The van der Waals surface area contributed by atoms with Gasteiger partial charge in [-0.25, -0.2) is 4.79 Å². The Balaban J connectivity index is 2.02. The maximum atomic E-state index is 12.4. The summed E-state index contributed by atoms with van der Waals surface area (Å²) < 4.78 is 5.02. The van der Waals surface area contributed by atoms with Crippen LogP contribution < -0.4 is 20.8 Å². The summed E-state index contributed by atoms with van der Waals surface area (Å²) in [6.45, 7) is -0.562. The second-order valence-electron chi connectivity index (χ2n) is 6.15. The fraction of sp³-hybridized carbons (Fsp3) is 0.211. The fourth-order valence-corrected chi connectivity index (χ4v) is 2.45. The van der Waals surface area contributed by atoms with Gasteiger partial charge in [-0.05, 0) is 42.5 Å². The molecule has 0 unspecified atom stereocenters. The zero-order chi connectivity index (χ0) is 21.6. The number of benzene rings is 2. The number of nitrogens with one attached hydrogen (secondary N) is 2. The van der Waals surface area contributed by atoms with Crippen LogP contribution in [0.25, 0.3) is 0 Å². The summed E-state index contributed by atoms with van der Waals surface area (Å²) in [5.74, 6) is -1.67. The van der Waals surface area contributed by atoms with Crippen molar-refractivity contribution in [1.29, 1.82) is 0 Å². The molecule has 0 radical (unpaired) electrons. The third-order valence-corrected chi connectivity index (χ3v) is 3.90. The molecule has 0 aliphatic carbocycles. The van der Waals surface area contributed by atoms with Crippen LogP contribution in [0.15, 0.2) is 42.5 Å². The first-order valence-corrected chi connectivity index (χ1v) is 8.49. The molecule has 10 heteroatoms. The summed E-state index contributed by atoms with van der Waals surface area (Å²) in [7, 11) is 4.89. The van der Waals surface area contributed by atoms with Gasteiger partial charge in [0.2, 0.25) is 0 Å². The second kappa shape index (κ2) is 9.53. The normalized spacial score (nSPS) is 10.1. The molecule has 0 saturated carbocycles. The Bertz CT molecular complexity index is 896. The number of amides is 2. The lowest BCUT2D eigenvalue weighted by Gasteiger charge is -2.24. The third kappa shape index (κ3) is 5.67. The highest BCUT2D eigenvalue weighted by molar-refractivity contribution is 6.00. The van der Waals surface area contributed by atoms with E-state index in [1.165, 1.54) is 25.2 Å². The molecule has 2 aromatic carbocycles. The van der Waals surface area contributed by atoms with Crippen LogP contribution in [-0.2, 0) is 9.53 Å². The van der Waals surface area contributed by atoms with Crippen molar-refractivity contribution in [3.05, 3.63) is 58.8 Å². The highest BCUT2D eigenvalue weighted by Gasteiger charge is 2.17. The molecule has 29 heavy (non-hydrogen) atoms. The SMILES string of the molecule is CNC(=O)c1ccc(NC(=O)COC(=O)c2cc(N([O-])O)ccc2N(C)C)cc1. The molecule has 0 spiro atoms. The number of rotatable bonds is 7. The quantitative estimate of drug-likeness (QED) is 0.470. The maximum Gasteiger partial charge on any atom is 0.340 e. The molecular formula is C19H21N4O6-. The lowest BCUT2D eigenvalue weighted by Crippen LogP contribution is -2.23. The highest BCUT2D eigenvalue weighted by atomic mass is 16.8. The molecule has 154 valence electrons. The second-order valence-corrected chi connectivity index (χ2v) is 6.15. The number of anilines is 3. The molecular weight excluding hydrogens is 380 g/mol. The van der Waals surface area contributed by atoms with E-state index >= 15 is 0 Å². The molecule has 0 aromatic heterocycles. The number of carbonyl (C=O) groups is 3. The molecule has 2 rings (SSSR count). The molecule has 0 fully saturated rings. The molecule has 10 nitrogen and oxygen atoms in total. The average molecular weight is 401 g/mol. The minimum Gasteiger partial charge on any atom is -0.733 e. The zero-order valence-electron chi connectivity index (χ0n) is 16.1. The molecule has 0 saturated heterocycles.